The normalized spacial score (nSPS) is 10.4. The first-order chi connectivity index (χ1) is 7.79. The van der Waals surface area contributed by atoms with Gasteiger partial charge in [-0.25, -0.2) is 0 Å². The van der Waals surface area contributed by atoms with Crippen LogP contribution in [0.3, 0.4) is 0 Å². The first kappa shape index (κ1) is 11.2. The molecule has 0 atom stereocenters. The maximum absolute atomic E-state index is 5.60. The van der Waals surface area contributed by atoms with Crippen molar-refractivity contribution in [2.75, 3.05) is 11.9 Å². The molecule has 0 bridgehead atoms. The zero-order valence-corrected chi connectivity index (χ0v) is 10.2. The molecule has 0 spiro atoms. The lowest BCUT2D eigenvalue weighted by atomic mass is 10.3. The van der Waals surface area contributed by atoms with Crippen LogP contribution < -0.4 is 10.6 Å². The molecule has 0 unspecified atom stereocenters. The molecule has 84 valence electrons. The fourth-order valence-corrected chi connectivity index (χ4v) is 2.57. The van der Waals surface area contributed by atoms with Crippen LogP contribution in [0.2, 0.25) is 0 Å². The Balaban J connectivity index is 2.05. The molecule has 0 aliphatic rings. The van der Waals surface area contributed by atoms with Crippen LogP contribution in [0.15, 0.2) is 42.5 Å². The lowest BCUT2D eigenvalue weighted by Gasteiger charge is -2.18. The Labute approximate surface area is 100 Å². The van der Waals surface area contributed by atoms with Crippen LogP contribution >= 0.6 is 11.3 Å². The van der Waals surface area contributed by atoms with Crippen molar-refractivity contribution in [3.63, 3.8) is 0 Å². The minimum Gasteiger partial charge on any atom is -0.369 e. The fraction of sp³-hybridized carbons (Fsp3) is 0.231. The van der Waals surface area contributed by atoms with Gasteiger partial charge in [-0.15, -0.1) is 11.3 Å². The minimum absolute atomic E-state index is 0.639. The number of rotatable bonds is 4. The van der Waals surface area contributed by atoms with E-state index in [0.29, 0.717) is 6.54 Å². The first-order valence-electron chi connectivity index (χ1n) is 5.33. The molecule has 0 saturated heterocycles. The van der Waals surface area contributed by atoms with Crippen LogP contribution in [0.1, 0.15) is 9.75 Å². The van der Waals surface area contributed by atoms with Gasteiger partial charge < -0.3 is 10.6 Å². The number of thiophene rings is 1. The zero-order chi connectivity index (χ0) is 11.4. The zero-order valence-electron chi connectivity index (χ0n) is 9.39. The first-order valence-corrected chi connectivity index (χ1v) is 6.15. The number of para-hydroxylation sites is 1. The Morgan fingerprint density at radius 3 is 2.38 bits per heavy atom. The number of anilines is 1. The van der Waals surface area contributed by atoms with Gasteiger partial charge in [0.25, 0.3) is 0 Å². The largest absolute Gasteiger partial charge is 0.369 e. The Morgan fingerprint density at radius 1 is 1.06 bits per heavy atom. The molecule has 0 aliphatic carbocycles. The molecule has 1 heterocycles. The topological polar surface area (TPSA) is 29.3 Å². The maximum Gasteiger partial charge on any atom is 0.0519 e. The summed E-state index contributed by atoms with van der Waals surface area (Å²) in [4.78, 5) is 4.84. The molecule has 0 saturated carbocycles. The summed E-state index contributed by atoms with van der Waals surface area (Å²) >= 11 is 1.79. The smallest absolute Gasteiger partial charge is 0.0519 e. The van der Waals surface area contributed by atoms with Gasteiger partial charge >= 0.3 is 0 Å². The summed E-state index contributed by atoms with van der Waals surface area (Å²) in [5.41, 5.74) is 6.84. The Morgan fingerprint density at radius 2 is 1.75 bits per heavy atom. The molecule has 0 amide bonds. The van der Waals surface area contributed by atoms with Crippen molar-refractivity contribution >= 4 is 17.0 Å². The predicted octanol–water partition coefficient (Wildman–Crippen LogP) is 2.84. The van der Waals surface area contributed by atoms with Crippen molar-refractivity contribution < 1.29 is 0 Å². The Kier molecular flexibility index (Phi) is 3.59. The van der Waals surface area contributed by atoms with E-state index in [0.717, 1.165) is 6.54 Å². The summed E-state index contributed by atoms with van der Waals surface area (Å²) < 4.78 is 0. The van der Waals surface area contributed by atoms with E-state index in [2.05, 4.69) is 48.3 Å². The fourth-order valence-electron chi connectivity index (χ4n) is 1.62. The molecule has 3 heteroatoms. The average molecular weight is 232 g/mol. The lowest BCUT2D eigenvalue weighted by molar-refractivity contribution is 0.940. The quantitative estimate of drug-likeness (QED) is 0.878. The number of hydrogen-bond acceptors (Lipinski definition) is 3. The third kappa shape index (κ3) is 2.62. The van der Waals surface area contributed by atoms with E-state index in [4.69, 9.17) is 5.73 Å². The molecule has 2 rings (SSSR count). The van der Waals surface area contributed by atoms with Gasteiger partial charge in [0.15, 0.2) is 0 Å². The molecule has 0 aliphatic heterocycles. The van der Waals surface area contributed by atoms with Gasteiger partial charge in [-0.3, -0.25) is 0 Å². The maximum atomic E-state index is 5.60. The second-order valence-electron chi connectivity index (χ2n) is 3.76. The van der Waals surface area contributed by atoms with Crippen LogP contribution in [0.5, 0.6) is 0 Å². The third-order valence-electron chi connectivity index (χ3n) is 2.51. The van der Waals surface area contributed by atoms with Gasteiger partial charge in [0.2, 0.25) is 0 Å². The van der Waals surface area contributed by atoms with Crippen molar-refractivity contribution in [2.45, 2.75) is 13.1 Å². The van der Waals surface area contributed by atoms with Gasteiger partial charge in [-0.2, -0.15) is 0 Å². The van der Waals surface area contributed by atoms with Gasteiger partial charge in [-0.1, -0.05) is 18.2 Å². The van der Waals surface area contributed by atoms with E-state index in [1.54, 1.807) is 11.3 Å². The molecule has 0 fully saturated rings. The van der Waals surface area contributed by atoms with E-state index in [1.165, 1.54) is 15.4 Å². The molecule has 16 heavy (non-hydrogen) atoms. The molecule has 0 radical (unpaired) electrons. The highest BCUT2D eigenvalue weighted by Gasteiger charge is 2.03. The standard InChI is InChI=1S/C13H16N2S/c1-15(11-5-3-2-4-6-11)10-13-8-7-12(9-14)16-13/h2-8H,9-10,14H2,1H3. The van der Waals surface area contributed by atoms with Gasteiger partial charge in [-0.05, 0) is 24.3 Å². The third-order valence-corrected chi connectivity index (χ3v) is 3.60. The number of hydrogen-bond donors (Lipinski definition) is 1. The van der Waals surface area contributed by atoms with Crippen LogP contribution in [-0.2, 0) is 13.1 Å². The van der Waals surface area contributed by atoms with Crippen molar-refractivity contribution in [3.8, 4) is 0 Å². The molecule has 1 aromatic carbocycles. The van der Waals surface area contributed by atoms with E-state index in [-0.39, 0.29) is 0 Å². The van der Waals surface area contributed by atoms with Crippen molar-refractivity contribution in [3.05, 3.63) is 52.2 Å². The molecular formula is C13H16N2S. The number of nitrogens with two attached hydrogens (primary N) is 1. The monoisotopic (exact) mass is 232 g/mol. The predicted molar refractivity (Wildman–Crippen MR) is 70.8 cm³/mol. The Bertz CT molecular complexity index is 436. The van der Waals surface area contributed by atoms with Crippen molar-refractivity contribution in [2.24, 2.45) is 5.73 Å². The van der Waals surface area contributed by atoms with E-state index >= 15 is 0 Å². The van der Waals surface area contributed by atoms with E-state index in [1.807, 2.05) is 6.07 Å². The number of benzene rings is 1. The van der Waals surface area contributed by atoms with E-state index in [9.17, 15) is 0 Å². The molecular weight excluding hydrogens is 216 g/mol. The Hall–Kier alpha value is -1.32. The van der Waals surface area contributed by atoms with Crippen LogP contribution in [0.4, 0.5) is 5.69 Å². The van der Waals surface area contributed by atoms with Crippen LogP contribution in [0, 0.1) is 0 Å². The highest BCUT2D eigenvalue weighted by molar-refractivity contribution is 7.12. The summed E-state index contributed by atoms with van der Waals surface area (Å²) in [6, 6.07) is 14.7. The lowest BCUT2D eigenvalue weighted by Crippen LogP contribution is -2.15. The molecule has 2 aromatic rings. The minimum atomic E-state index is 0.639. The summed E-state index contributed by atoms with van der Waals surface area (Å²) in [5.74, 6) is 0. The second-order valence-corrected chi connectivity index (χ2v) is 5.02. The average Bonchev–Trinajstić information content (AvgIpc) is 2.78. The van der Waals surface area contributed by atoms with Crippen LogP contribution in [0.25, 0.3) is 0 Å². The van der Waals surface area contributed by atoms with Gasteiger partial charge in [0, 0.05) is 29.0 Å². The highest BCUT2D eigenvalue weighted by Crippen LogP contribution is 2.20. The second kappa shape index (κ2) is 5.14. The summed E-state index contributed by atoms with van der Waals surface area (Å²) in [7, 11) is 2.11. The van der Waals surface area contributed by atoms with Crippen molar-refractivity contribution in [1.82, 2.24) is 0 Å². The van der Waals surface area contributed by atoms with Crippen LogP contribution in [-0.4, -0.2) is 7.05 Å². The number of nitrogens with zero attached hydrogens (tertiary/aromatic N) is 1. The van der Waals surface area contributed by atoms with Gasteiger partial charge in [0.05, 0.1) is 6.54 Å². The summed E-state index contributed by atoms with van der Waals surface area (Å²) in [5, 5.41) is 0. The van der Waals surface area contributed by atoms with E-state index < -0.39 is 0 Å². The van der Waals surface area contributed by atoms with Gasteiger partial charge in [0.1, 0.15) is 0 Å². The highest BCUT2D eigenvalue weighted by atomic mass is 32.1. The molecule has 2 nitrogen and oxygen atoms in total. The molecule has 2 N–H and O–H groups in total. The summed E-state index contributed by atoms with van der Waals surface area (Å²) in [6.07, 6.45) is 0. The molecule has 1 aromatic heterocycles. The summed E-state index contributed by atoms with van der Waals surface area (Å²) in [6.45, 7) is 1.58. The van der Waals surface area contributed by atoms with Crippen molar-refractivity contribution in [1.29, 1.82) is 0 Å². The SMILES string of the molecule is CN(Cc1ccc(CN)s1)c1ccccc1.